The molecule has 0 spiro atoms. The Kier molecular flexibility index (Phi) is 6.73. The van der Waals surface area contributed by atoms with Crippen LogP contribution in [-0.2, 0) is 19.4 Å². The van der Waals surface area contributed by atoms with E-state index in [9.17, 15) is 14.9 Å². The molecule has 0 N–H and O–H groups in total. The fourth-order valence-corrected chi connectivity index (χ4v) is 4.65. The third-order valence-electron chi connectivity index (χ3n) is 6.52. The van der Waals surface area contributed by atoms with E-state index in [-0.39, 0.29) is 5.56 Å². The van der Waals surface area contributed by atoms with Crippen LogP contribution >= 0.6 is 0 Å². The van der Waals surface area contributed by atoms with E-state index in [0.29, 0.717) is 41.9 Å². The molecular weight excluding hydrogens is 462 g/mol. The van der Waals surface area contributed by atoms with Gasteiger partial charge in [0.1, 0.15) is 12.6 Å². The number of benzene rings is 3. The fourth-order valence-electron chi connectivity index (χ4n) is 4.65. The van der Waals surface area contributed by atoms with Crippen LogP contribution in [0.25, 0.3) is 16.9 Å². The van der Waals surface area contributed by atoms with Crippen LogP contribution < -0.4 is 5.56 Å². The molecule has 2 heterocycles. The van der Waals surface area contributed by atoms with Crippen LogP contribution in [0.2, 0.25) is 0 Å². The summed E-state index contributed by atoms with van der Waals surface area (Å²) in [6, 6.07) is 24.9. The van der Waals surface area contributed by atoms with Crippen LogP contribution in [0.5, 0.6) is 0 Å². The van der Waals surface area contributed by atoms with Gasteiger partial charge >= 0.3 is 0 Å². The molecule has 0 amide bonds. The molecule has 0 saturated heterocycles. The van der Waals surface area contributed by atoms with Crippen molar-refractivity contribution in [3.8, 4) is 17.2 Å². The summed E-state index contributed by atoms with van der Waals surface area (Å²) < 4.78 is 3.42. The van der Waals surface area contributed by atoms with E-state index in [1.54, 1.807) is 21.2 Å². The Hall–Kier alpha value is -4.83. The molecule has 0 saturated carbocycles. The zero-order valence-electron chi connectivity index (χ0n) is 20.5. The maximum atomic E-state index is 13.9. The van der Waals surface area contributed by atoms with Gasteiger partial charge in [-0.25, -0.2) is 4.52 Å². The van der Waals surface area contributed by atoms with Crippen molar-refractivity contribution < 1.29 is 4.79 Å². The number of rotatable bonds is 8. The lowest BCUT2D eigenvalue weighted by atomic mass is 9.97. The predicted octanol–water partition coefficient (Wildman–Crippen LogP) is 4.83. The van der Waals surface area contributed by atoms with Gasteiger partial charge in [-0.2, -0.15) is 15.3 Å². The molecular formula is C30H25N5O2. The van der Waals surface area contributed by atoms with Crippen molar-refractivity contribution >= 4 is 12.1 Å². The first kappa shape index (κ1) is 23.9. The minimum absolute atomic E-state index is 0.0951. The highest BCUT2D eigenvalue weighted by Gasteiger charge is 2.19. The molecule has 2 aromatic heterocycles. The van der Waals surface area contributed by atoms with Crippen LogP contribution in [0.4, 0.5) is 0 Å². The van der Waals surface area contributed by atoms with Crippen molar-refractivity contribution in [3.05, 3.63) is 123 Å². The van der Waals surface area contributed by atoms with Gasteiger partial charge in [-0.3, -0.25) is 14.2 Å². The summed E-state index contributed by atoms with van der Waals surface area (Å²) in [6.45, 7) is 2.40. The van der Waals surface area contributed by atoms with Crippen LogP contribution in [0.15, 0.2) is 83.9 Å². The fraction of sp³-hybridized carbons (Fsp3) is 0.167. The first-order valence-corrected chi connectivity index (χ1v) is 12.2. The van der Waals surface area contributed by atoms with Crippen molar-refractivity contribution in [1.29, 1.82) is 5.26 Å². The molecule has 0 aliphatic carbocycles. The van der Waals surface area contributed by atoms with Gasteiger partial charge in [-0.15, -0.1) is 0 Å². The highest BCUT2D eigenvalue weighted by atomic mass is 16.1. The van der Waals surface area contributed by atoms with Crippen LogP contribution in [0.3, 0.4) is 0 Å². The summed E-state index contributed by atoms with van der Waals surface area (Å²) >= 11 is 0. The molecule has 0 unspecified atom stereocenters. The van der Waals surface area contributed by atoms with Crippen molar-refractivity contribution in [1.82, 2.24) is 19.2 Å². The molecule has 0 aliphatic heterocycles. The Bertz CT molecular complexity index is 1670. The predicted molar refractivity (Wildman–Crippen MR) is 142 cm³/mol. The Morgan fingerprint density at radius 2 is 1.70 bits per heavy atom. The average Bonchev–Trinajstić information content (AvgIpc) is 3.43. The number of hydrogen-bond acceptors (Lipinski definition) is 5. The first-order chi connectivity index (χ1) is 18.1. The number of aldehydes is 1. The summed E-state index contributed by atoms with van der Waals surface area (Å²) in [7, 11) is 0. The normalized spacial score (nSPS) is 10.9. The second-order valence-corrected chi connectivity index (χ2v) is 8.93. The Morgan fingerprint density at radius 3 is 2.41 bits per heavy atom. The molecule has 3 aromatic carbocycles. The van der Waals surface area contributed by atoms with Gasteiger partial charge in [0.25, 0.3) is 5.56 Å². The van der Waals surface area contributed by atoms with E-state index in [2.05, 4.69) is 23.1 Å². The minimum atomic E-state index is -0.0951. The molecule has 0 radical (unpaired) electrons. The van der Waals surface area contributed by atoms with Gasteiger partial charge in [-0.1, -0.05) is 80.1 Å². The zero-order valence-corrected chi connectivity index (χ0v) is 20.5. The third-order valence-corrected chi connectivity index (χ3v) is 6.52. The average molecular weight is 488 g/mol. The second kappa shape index (κ2) is 10.4. The molecule has 37 heavy (non-hydrogen) atoms. The van der Waals surface area contributed by atoms with Crippen LogP contribution in [0.1, 0.15) is 51.7 Å². The minimum Gasteiger partial charge on any atom is -0.298 e. The molecule has 182 valence electrons. The van der Waals surface area contributed by atoms with Gasteiger partial charge in [0.05, 0.1) is 23.9 Å². The van der Waals surface area contributed by atoms with Gasteiger partial charge in [0.15, 0.2) is 0 Å². The van der Waals surface area contributed by atoms with Crippen molar-refractivity contribution in [2.45, 2.75) is 32.7 Å². The molecule has 0 atom stereocenters. The van der Waals surface area contributed by atoms with E-state index in [4.69, 9.17) is 0 Å². The summed E-state index contributed by atoms with van der Waals surface area (Å²) in [5.41, 5.74) is 6.40. The SMILES string of the molecule is CCCc1c(Cc2ccc(-c3ccccc3C#N)cc2)c(=O)n(Cc2ccc(C=O)cc2)c2ncnn12. The van der Waals surface area contributed by atoms with E-state index < -0.39 is 0 Å². The molecule has 7 nitrogen and oxygen atoms in total. The Morgan fingerprint density at radius 1 is 0.973 bits per heavy atom. The molecule has 0 bridgehead atoms. The number of aromatic nitrogens is 4. The summed E-state index contributed by atoms with van der Waals surface area (Å²) in [5.74, 6) is 0.500. The third kappa shape index (κ3) is 4.69. The van der Waals surface area contributed by atoms with Crippen molar-refractivity contribution in [2.24, 2.45) is 0 Å². The topological polar surface area (TPSA) is 93.0 Å². The number of carbonyl (C=O) groups excluding carboxylic acids is 1. The van der Waals surface area contributed by atoms with Crippen LogP contribution in [0, 0.1) is 11.3 Å². The van der Waals surface area contributed by atoms with Gasteiger partial charge < -0.3 is 0 Å². The molecule has 5 aromatic rings. The lowest BCUT2D eigenvalue weighted by Gasteiger charge is -2.16. The number of carbonyl (C=O) groups is 1. The van der Waals surface area contributed by atoms with Gasteiger partial charge in [0.2, 0.25) is 5.78 Å². The first-order valence-electron chi connectivity index (χ1n) is 12.2. The number of fused-ring (bicyclic) bond motifs is 1. The largest absolute Gasteiger partial charge is 0.298 e. The quantitative estimate of drug-likeness (QED) is 0.292. The standard InChI is InChI=1S/C30H25N5O2/c1-2-5-28-27(16-21-12-14-24(15-13-21)26-7-4-3-6-25(26)17-31)29(37)34(30-32-20-33-35(28)30)18-22-8-10-23(19-36)11-9-22/h3-4,6-15,19-20H,2,5,16,18H2,1H3. The maximum Gasteiger partial charge on any atom is 0.259 e. The Labute approximate surface area is 214 Å². The highest BCUT2D eigenvalue weighted by molar-refractivity contribution is 5.74. The molecule has 0 fully saturated rings. The monoisotopic (exact) mass is 487 g/mol. The molecule has 7 heteroatoms. The van der Waals surface area contributed by atoms with E-state index in [1.807, 2.05) is 60.7 Å². The van der Waals surface area contributed by atoms with Crippen molar-refractivity contribution in [2.75, 3.05) is 0 Å². The van der Waals surface area contributed by atoms with E-state index in [1.165, 1.54) is 6.33 Å². The summed E-state index contributed by atoms with van der Waals surface area (Å²) in [5, 5.41) is 13.9. The lowest BCUT2D eigenvalue weighted by Crippen LogP contribution is -2.30. The number of nitriles is 1. The lowest BCUT2D eigenvalue weighted by molar-refractivity contribution is 0.112. The van der Waals surface area contributed by atoms with E-state index in [0.717, 1.165) is 40.7 Å². The summed E-state index contributed by atoms with van der Waals surface area (Å²) in [6.07, 6.45) is 4.29. The van der Waals surface area contributed by atoms with Gasteiger partial charge in [-0.05, 0) is 34.7 Å². The maximum absolute atomic E-state index is 13.9. The highest BCUT2D eigenvalue weighted by Crippen LogP contribution is 2.24. The summed E-state index contributed by atoms with van der Waals surface area (Å²) in [4.78, 5) is 29.3. The smallest absolute Gasteiger partial charge is 0.259 e. The number of hydrogen-bond donors (Lipinski definition) is 0. The number of nitrogens with zero attached hydrogens (tertiary/aromatic N) is 5. The van der Waals surface area contributed by atoms with Crippen molar-refractivity contribution in [3.63, 3.8) is 0 Å². The molecule has 5 rings (SSSR count). The second-order valence-electron chi connectivity index (χ2n) is 8.93. The molecule has 0 aliphatic rings. The van der Waals surface area contributed by atoms with E-state index >= 15 is 0 Å². The Balaban J connectivity index is 1.55. The zero-order chi connectivity index (χ0) is 25.8. The van der Waals surface area contributed by atoms with Crippen LogP contribution in [-0.4, -0.2) is 25.5 Å². The van der Waals surface area contributed by atoms with Gasteiger partial charge in [0, 0.05) is 17.5 Å². The number of aryl methyl sites for hydroxylation is 1.